The van der Waals surface area contributed by atoms with Crippen LogP contribution in [0.3, 0.4) is 0 Å². The molecule has 1 aromatic rings. The van der Waals surface area contributed by atoms with E-state index in [1.807, 2.05) is 18.2 Å². The van der Waals surface area contributed by atoms with Crippen molar-refractivity contribution in [2.45, 2.75) is 26.8 Å². The average Bonchev–Trinajstić information content (AvgIpc) is 2.33. The van der Waals surface area contributed by atoms with Crippen LogP contribution in [0.5, 0.6) is 5.75 Å². The molecule has 0 bridgehead atoms. The molecule has 0 spiro atoms. The summed E-state index contributed by atoms with van der Waals surface area (Å²) in [6, 6.07) is 6.01. The Labute approximate surface area is 118 Å². The zero-order chi connectivity index (χ0) is 13.4. The van der Waals surface area contributed by atoms with Gasteiger partial charge in [0.2, 0.25) is 0 Å². The van der Waals surface area contributed by atoms with E-state index < -0.39 is 0 Å². The van der Waals surface area contributed by atoms with Gasteiger partial charge >= 0.3 is 0 Å². The van der Waals surface area contributed by atoms with Gasteiger partial charge in [0.1, 0.15) is 5.75 Å². The highest BCUT2D eigenvalue weighted by Gasteiger charge is 2.03. The van der Waals surface area contributed by atoms with Crippen molar-refractivity contribution in [3.8, 4) is 18.1 Å². The highest BCUT2D eigenvalue weighted by molar-refractivity contribution is 9.10. The topological polar surface area (TPSA) is 21.3 Å². The summed E-state index contributed by atoms with van der Waals surface area (Å²) in [5, 5.41) is 3.42. The number of benzene rings is 1. The van der Waals surface area contributed by atoms with Crippen molar-refractivity contribution in [3.05, 3.63) is 28.2 Å². The first-order chi connectivity index (χ1) is 8.63. The molecule has 0 heterocycles. The predicted octanol–water partition coefficient (Wildman–Crippen LogP) is 3.60. The maximum Gasteiger partial charge on any atom is 0.119 e. The molecule has 0 atom stereocenters. The fourth-order valence-electron chi connectivity index (χ4n) is 1.50. The monoisotopic (exact) mass is 309 g/mol. The van der Waals surface area contributed by atoms with Crippen molar-refractivity contribution in [2.24, 2.45) is 5.92 Å². The SMILES string of the molecule is C#CCCOc1ccc(Br)c(CNCC(C)C)c1. The van der Waals surface area contributed by atoms with Crippen LogP contribution >= 0.6 is 15.9 Å². The number of hydrogen-bond acceptors (Lipinski definition) is 2. The first-order valence-corrected chi connectivity index (χ1v) is 6.98. The second kappa shape index (κ2) is 8.18. The fourth-order valence-corrected chi connectivity index (χ4v) is 1.89. The van der Waals surface area contributed by atoms with Crippen LogP contribution in [0.15, 0.2) is 22.7 Å². The Morgan fingerprint density at radius 1 is 1.44 bits per heavy atom. The van der Waals surface area contributed by atoms with Gasteiger partial charge in [-0.3, -0.25) is 0 Å². The summed E-state index contributed by atoms with van der Waals surface area (Å²) in [6.07, 6.45) is 5.83. The molecule has 0 saturated carbocycles. The number of ether oxygens (including phenoxy) is 1. The lowest BCUT2D eigenvalue weighted by Crippen LogP contribution is -2.19. The summed E-state index contributed by atoms with van der Waals surface area (Å²) in [4.78, 5) is 0. The molecule has 0 amide bonds. The summed E-state index contributed by atoms with van der Waals surface area (Å²) < 4.78 is 6.68. The Morgan fingerprint density at radius 3 is 2.89 bits per heavy atom. The summed E-state index contributed by atoms with van der Waals surface area (Å²) in [6.45, 7) is 6.81. The summed E-state index contributed by atoms with van der Waals surface area (Å²) in [5.41, 5.74) is 1.20. The van der Waals surface area contributed by atoms with E-state index >= 15 is 0 Å². The molecule has 98 valence electrons. The van der Waals surface area contributed by atoms with Crippen LogP contribution in [0, 0.1) is 18.3 Å². The maximum absolute atomic E-state index is 5.58. The lowest BCUT2D eigenvalue weighted by atomic mass is 10.2. The van der Waals surface area contributed by atoms with Crippen LogP contribution < -0.4 is 10.1 Å². The second-order valence-electron chi connectivity index (χ2n) is 4.58. The molecule has 1 rings (SSSR count). The van der Waals surface area contributed by atoms with Crippen molar-refractivity contribution in [1.82, 2.24) is 5.32 Å². The maximum atomic E-state index is 5.58. The van der Waals surface area contributed by atoms with Crippen molar-refractivity contribution in [1.29, 1.82) is 0 Å². The molecule has 0 aromatic heterocycles. The van der Waals surface area contributed by atoms with Gasteiger partial charge in [-0.05, 0) is 36.2 Å². The van der Waals surface area contributed by atoms with Crippen molar-refractivity contribution >= 4 is 15.9 Å². The first kappa shape index (κ1) is 15.1. The standard InChI is InChI=1S/C15H20BrNO/c1-4-5-8-18-14-6-7-15(16)13(9-14)11-17-10-12(2)3/h1,6-7,9,12,17H,5,8,10-11H2,2-3H3. The summed E-state index contributed by atoms with van der Waals surface area (Å²) >= 11 is 3.55. The molecular weight excluding hydrogens is 290 g/mol. The Kier molecular flexibility index (Phi) is 6.85. The Bertz CT molecular complexity index is 409. The van der Waals surface area contributed by atoms with E-state index in [4.69, 9.17) is 11.2 Å². The van der Waals surface area contributed by atoms with Gasteiger partial charge in [-0.2, -0.15) is 0 Å². The molecule has 0 fully saturated rings. The van der Waals surface area contributed by atoms with Crippen LogP contribution in [0.2, 0.25) is 0 Å². The van der Waals surface area contributed by atoms with Crippen LogP contribution in [-0.2, 0) is 6.54 Å². The molecule has 0 radical (unpaired) electrons. The third-order valence-electron chi connectivity index (χ3n) is 2.40. The largest absolute Gasteiger partial charge is 0.493 e. The van der Waals surface area contributed by atoms with Gasteiger partial charge in [0.25, 0.3) is 0 Å². The minimum absolute atomic E-state index is 0.566. The van der Waals surface area contributed by atoms with Crippen molar-refractivity contribution < 1.29 is 4.74 Å². The third kappa shape index (κ3) is 5.57. The predicted molar refractivity (Wildman–Crippen MR) is 79.6 cm³/mol. The molecule has 2 nitrogen and oxygen atoms in total. The molecule has 3 heteroatoms. The van der Waals surface area contributed by atoms with Gasteiger partial charge in [0.15, 0.2) is 0 Å². The van der Waals surface area contributed by atoms with E-state index in [1.54, 1.807) is 0 Å². The first-order valence-electron chi connectivity index (χ1n) is 6.19. The van der Waals surface area contributed by atoms with Gasteiger partial charge < -0.3 is 10.1 Å². The molecule has 0 aliphatic rings. The average molecular weight is 310 g/mol. The number of rotatable bonds is 7. The molecule has 1 N–H and O–H groups in total. The van der Waals surface area contributed by atoms with Gasteiger partial charge in [-0.1, -0.05) is 29.8 Å². The number of hydrogen-bond donors (Lipinski definition) is 1. The smallest absolute Gasteiger partial charge is 0.119 e. The molecule has 0 aliphatic carbocycles. The zero-order valence-corrected chi connectivity index (χ0v) is 12.6. The highest BCUT2D eigenvalue weighted by atomic mass is 79.9. The van der Waals surface area contributed by atoms with Gasteiger partial charge in [0, 0.05) is 17.4 Å². The number of nitrogens with one attached hydrogen (secondary N) is 1. The van der Waals surface area contributed by atoms with E-state index in [0.29, 0.717) is 18.9 Å². The van der Waals surface area contributed by atoms with Crippen molar-refractivity contribution in [2.75, 3.05) is 13.2 Å². The van der Waals surface area contributed by atoms with E-state index in [-0.39, 0.29) is 0 Å². The van der Waals surface area contributed by atoms with Crippen LogP contribution in [0.1, 0.15) is 25.8 Å². The van der Waals surface area contributed by atoms with E-state index in [2.05, 4.69) is 41.0 Å². The van der Waals surface area contributed by atoms with E-state index in [0.717, 1.165) is 23.3 Å². The van der Waals surface area contributed by atoms with E-state index in [1.165, 1.54) is 5.56 Å². The van der Waals surface area contributed by atoms with Gasteiger partial charge in [0.05, 0.1) is 6.61 Å². The summed E-state index contributed by atoms with van der Waals surface area (Å²) in [7, 11) is 0. The molecule has 0 unspecified atom stereocenters. The zero-order valence-electron chi connectivity index (χ0n) is 11.0. The fraction of sp³-hybridized carbons (Fsp3) is 0.467. The van der Waals surface area contributed by atoms with Gasteiger partial charge in [-0.25, -0.2) is 0 Å². The van der Waals surface area contributed by atoms with E-state index in [9.17, 15) is 0 Å². The van der Waals surface area contributed by atoms with Crippen LogP contribution in [0.4, 0.5) is 0 Å². The van der Waals surface area contributed by atoms with Crippen LogP contribution in [-0.4, -0.2) is 13.2 Å². The number of terminal acetylenes is 1. The molecule has 18 heavy (non-hydrogen) atoms. The highest BCUT2D eigenvalue weighted by Crippen LogP contribution is 2.22. The van der Waals surface area contributed by atoms with Gasteiger partial charge in [-0.15, -0.1) is 12.3 Å². The Balaban J connectivity index is 2.55. The number of halogens is 1. The van der Waals surface area contributed by atoms with Crippen molar-refractivity contribution in [3.63, 3.8) is 0 Å². The van der Waals surface area contributed by atoms with Crippen LogP contribution in [0.25, 0.3) is 0 Å². The normalized spacial score (nSPS) is 10.4. The molecule has 1 aromatic carbocycles. The Morgan fingerprint density at radius 2 is 2.22 bits per heavy atom. The minimum atomic E-state index is 0.566. The minimum Gasteiger partial charge on any atom is -0.493 e. The second-order valence-corrected chi connectivity index (χ2v) is 5.43. The quantitative estimate of drug-likeness (QED) is 0.614. The summed E-state index contributed by atoms with van der Waals surface area (Å²) in [5.74, 6) is 4.09. The lowest BCUT2D eigenvalue weighted by molar-refractivity contribution is 0.326. The third-order valence-corrected chi connectivity index (χ3v) is 3.17. The molecule has 0 saturated heterocycles. The Hall–Kier alpha value is -0.980. The lowest BCUT2D eigenvalue weighted by Gasteiger charge is -2.11. The molecular formula is C15H20BrNO. The molecule has 0 aliphatic heterocycles.